The summed E-state index contributed by atoms with van der Waals surface area (Å²) in [6, 6.07) is 6.33. The smallest absolute Gasteiger partial charge is 0.317 e. The van der Waals surface area contributed by atoms with Crippen LogP contribution in [0.25, 0.3) is 0 Å². The van der Waals surface area contributed by atoms with Gasteiger partial charge in [-0.25, -0.2) is 8.42 Å². The molecule has 0 radical (unpaired) electrons. The highest BCUT2D eigenvalue weighted by atomic mass is 32.2. The van der Waals surface area contributed by atoms with Gasteiger partial charge in [0.25, 0.3) is 0 Å². The van der Waals surface area contributed by atoms with E-state index in [2.05, 4.69) is 5.32 Å². The van der Waals surface area contributed by atoms with Gasteiger partial charge in [-0.2, -0.15) is 0 Å². The Hall–Kier alpha value is -1.40. The maximum absolute atomic E-state index is 11.2. The van der Waals surface area contributed by atoms with Crippen LogP contribution in [0.2, 0.25) is 0 Å². The molecule has 16 heavy (non-hydrogen) atoms. The zero-order valence-electron chi connectivity index (χ0n) is 8.80. The number of sulfone groups is 1. The van der Waals surface area contributed by atoms with Gasteiger partial charge in [-0.15, -0.1) is 0 Å². The van der Waals surface area contributed by atoms with Gasteiger partial charge in [-0.05, 0) is 17.7 Å². The van der Waals surface area contributed by atoms with Crippen molar-refractivity contribution in [3.8, 4) is 0 Å². The second-order valence-corrected chi connectivity index (χ2v) is 5.43. The van der Waals surface area contributed by atoms with Gasteiger partial charge < -0.3 is 10.4 Å². The fraction of sp³-hybridized carbons (Fsp3) is 0.300. The van der Waals surface area contributed by atoms with Crippen LogP contribution in [-0.2, 0) is 21.2 Å². The Morgan fingerprint density at radius 3 is 2.31 bits per heavy atom. The van der Waals surface area contributed by atoms with Crippen LogP contribution in [0.1, 0.15) is 5.56 Å². The summed E-state index contributed by atoms with van der Waals surface area (Å²) in [5, 5.41) is 11.1. The molecule has 5 nitrogen and oxygen atoms in total. The normalized spacial score (nSPS) is 11.3. The first-order chi connectivity index (χ1) is 7.39. The molecule has 0 heterocycles. The molecule has 2 N–H and O–H groups in total. The minimum absolute atomic E-state index is 0.117. The molecule has 0 amide bonds. The van der Waals surface area contributed by atoms with Crippen LogP contribution < -0.4 is 5.32 Å². The van der Waals surface area contributed by atoms with Crippen molar-refractivity contribution in [2.24, 2.45) is 0 Å². The van der Waals surface area contributed by atoms with E-state index in [1.165, 1.54) is 12.1 Å². The molecule has 0 spiro atoms. The minimum atomic E-state index is -3.17. The standard InChI is InChI=1S/C10H13NO4S/c1-16(14,15)9-4-2-8(3-5-9)6-11-7-10(12)13/h2-5,11H,6-7H2,1H3,(H,12,13). The molecule has 0 bridgehead atoms. The van der Waals surface area contributed by atoms with E-state index in [9.17, 15) is 13.2 Å². The number of nitrogens with one attached hydrogen (secondary N) is 1. The number of rotatable bonds is 5. The molecular formula is C10H13NO4S. The van der Waals surface area contributed by atoms with Gasteiger partial charge in [0.2, 0.25) is 0 Å². The molecule has 0 saturated heterocycles. The zero-order valence-corrected chi connectivity index (χ0v) is 9.62. The number of hydrogen-bond donors (Lipinski definition) is 2. The summed E-state index contributed by atoms with van der Waals surface area (Å²) in [4.78, 5) is 10.5. The molecule has 6 heteroatoms. The molecule has 0 saturated carbocycles. The van der Waals surface area contributed by atoms with E-state index in [4.69, 9.17) is 5.11 Å². The van der Waals surface area contributed by atoms with Gasteiger partial charge in [0, 0.05) is 12.8 Å². The Morgan fingerprint density at radius 1 is 1.31 bits per heavy atom. The van der Waals surface area contributed by atoms with Gasteiger partial charge in [-0.1, -0.05) is 12.1 Å². The van der Waals surface area contributed by atoms with E-state index < -0.39 is 15.8 Å². The number of carboxylic acids is 1. The first-order valence-electron chi connectivity index (χ1n) is 4.61. The van der Waals surface area contributed by atoms with Gasteiger partial charge in [0.1, 0.15) is 0 Å². The van der Waals surface area contributed by atoms with Crippen molar-refractivity contribution in [2.75, 3.05) is 12.8 Å². The summed E-state index contributed by atoms with van der Waals surface area (Å²) in [6.45, 7) is 0.282. The summed E-state index contributed by atoms with van der Waals surface area (Å²) >= 11 is 0. The summed E-state index contributed by atoms with van der Waals surface area (Å²) in [7, 11) is -3.17. The maximum Gasteiger partial charge on any atom is 0.317 e. The lowest BCUT2D eigenvalue weighted by Gasteiger charge is -2.03. The average molecular weight is 243 g/mol. The maximum atomic E-state index is 11.2. The average Bonchev–Trinajstić information content (AvgIpc) is 2.16. The van der Waals surface area contributed by atoms with Gasteiger partial charge in [0.15, 0.2) is 9.84 Å². The van der Waals surface area contributed by atoms with Crippen molar-refractivity contribution in [1.82, 2.24) is 5.32 Å². The van der Waals surface area contributed by atoms with Gasteiger partial charge in [-0.3, -0.25) is 4.79 Å². The highest BCUT2D eigenvalue weighted by molar-refractivity contribution is 7.90. The molecule has 0 aliphatic carbocycles. The number of aliphatic carboxylic acids is 1. The van der Waals surface area contributed by atoms with Crippen LogP contribution in [0, 0.1) is 0 Å². The number of carbonyl (C=O) groups is 1. The number of benzene rings is 1. The molecule has 0 unspecified atom stereocenters. The van der Waals surface area contributed by atoms with E-state index in [0.29, 0.717) is 6.54 Å². The van der Waals surface area contributed by atoms with Crippen molar-refractivity contribution in [1.29, 1.82) is 0 Å². The van der Waals surface area contributed by atoms with Gasteiger partial charge in [0.05, 0.1) is 11.4 Å². The fourth-order valence-electron chi connectivity index (χ4n) is 1.17. The van der Waals surface area contributed by atoms with Crippen LogP contribution in [-0.4, -0.2) is 32.3 Å². The first-order valence-corrected chi connectivity index (χ1v) is 6.50. The Bertz CT molecular complexity index is 464. The minimum Gasteiger partial charge on any atom is -0.480 e. The molecule has 1 rings (SSSR count). The van der Waals surface area contributed by atoms with E-state index in [0.717, 1.165) is 11.8 Å². The molecule has 0 atom stereocenters. The Kier molecular flexibility index (Phi) is 4.03. The summed E-state index contributed by atoms with van der Waals surface area (Å²) in [5.41, 5.74) is 0.841. The highest BCUT2D eigenvalue weighted by Gasteiger charge is 2.05. The van der Waals surface area contributed by atoms with Gasteiger partial charge >= 0.3 is 5.97 Å². The molecular weight excluding hydrogens is 230 g/mol. The van der Waals surface area contributed by atoms with Crippen molar-refractivity contribution in [3.05, 3.63) is 29.8 Å². The molecule has 1 aromatic rings. The Labute approximate surface area is 94.0 Å². The molecule has 88 valence electrons. The first kappa shape index (κ1) is 12.7. The van der Waals surface area contributed by atoms with Crippen LogP contribution in [0.5, 0.6) is 0 Å². The molecule has 0 aliphatic heterocycles. The summed E-state index contributed by atoms with van der Waals surface area (Å²) in [6.07, 6.45) is 1.14. The third-order valence-electron chi connectivity index (χ3n) is 1.96. The predicted molar refractivity (Wildman–Crippen MR) is 58.9 cm³/mol. The van der Waals surface area contributed by atoms with Crippen molar-refractivity contribution < 1.29 is 18.3 Å². The van der Waals surface area contributed by atoms with Crippen LogP contribution >= 0.6 is 0 Å². The third kappa shape index (κ3) is 4.00. The van der Waals surface area contributed by atoms with E-state index >= 15 is 0 Å². The lowest BCUT2D eigenvalue weighted by Crippen LogP contribution is -2.21. The largest absolute Gasteiger partial charge is 0.480 e. The van der Waals surface area contributed by atoms with Crippen LogP contribution in [0.3, 0.4) is 0 Å². The lowest BCUT2D eigenvalue weighted by molar-refractivity contribution is -0.135. The van der Waals surface area contributed by atoms with Crippen LogP contribution in [0.4, 0.5) is 0 Å². The molecule has 0 fully saturated rings. The highest BCUT2D eigenvalue weighted by Crippen LogP contribution is 2.09. The second-order valence-electron chi connectivity index (χ2n) is 3.41. The molecule has 1 aromatic carbocycles. The monoisotopic (exact) mass is 243 g/mol. The number of carboxylic acid groups (broad SMARTS) is 1. The Balaban J connectivity index is 2.62. The zero-order chi connectivity index (χ0) is 12.2. The number of hydrogen-bond acceptors (Lipinski definition) is 4. The summed E-state index contributed by atoms with van der Waals surface area (Å²) < 4.78 is 22.3. The van der Waals surface area contributed by atoms with E-state index in [-0.39, 0.29) is 11.4 Å². The predicted octanol–water partition coefficient (Wildman–Crippen LogP) is 0.264. The topological polar surface area (TPSA) is 83.5 Å². The van der Waals surface area contributed by atoms with Crippen molar-refractivity contribution in [2.45, 2.75) is 11.4 Å². The van der Waals surface area contributed by atoms with E-state index in [1.807, 2.05) is 0 Å². The SMILES string of the molecule is CS(=O)(=O)c1ccc(CNCC(=O)O)cc1. The van der Waals surface area contributed by atoms with Crippen molar-refractivity contribution >= 4 is 15.8 Å². The third-order valence-corrected chi connectivity index (χ3v) is 3.09. The van der Waals surface area contributed by atoms with Crippen LogP contribution in [0.15, 0.2) is 29.2 Å². The lowest BCUT2D eigenvalue weighted by atomic mass is 10.2. The Morgan fingerprint density at radius 2 is 1.88 bits per heavy atom. The fourth-order valence-corrected chi connectivity index (χ4v) is 1.80. The molecule has 0 aromatic heterocycles. The van der Waals surface area contributed by atoms with Crippen molar-refractivity contribution in [3.63, 3.8) is 0 Å². The molecule has 0 aliphatic rings. The second kappa shape index (κ2) is 5.09. The van der Waals surface area contributed by atoms with E-state index in [1.54, 1.807) is 12.1 Å². The quantitative estimate of drug-likeness (QED) is 0.775. The summed E-state index contributed by atoms with van der Waals surface area (Å²) in [5.74, 6) is -0.923.